The molecule has 3 atom stereocenters. The van der Waals surface area contributed by atoms with Crippen LogP contribution in [0.2, 0.25) is 5.02 Å². The Morgan fingerprint density at radius 3 is 2.58 bits per heavy atom. The van der Waals surface area contributed by atoms with Crippen LogP contribution in [0, 0.1) is 5.82 Å². The van der Waals surface area contributed by atoms with Gasteiger partial charge in [0.15, 0.2) is 0 Å². The fraction of sp³-hybridized carbons (Fsp3) is 0.357. The molecule has 2 aromatic heterocycles. The quantitative estimate of drug-likeness (QED) is 0.304. The van der Waals surface area contributed by atoms with E-state index in [2.05, 4.69) is 20.6 Å². The van der Waals surface area contributed by atoms with Gasteiger partial charge in [-0.3, -0.25) is 4.79 Å². The lowest BCUT2D eigenvalue weighted by Crippen LogP contribution is -2.44. The van der Waals surface area contributed by atoms with Crippen molar-refractivity contribution in [2.75, 3.05) is 18.4 Å². The first kappa shape index (κ1) is 30.3. The number of carbonyl (C=O) groups excluding carboxylic acids is 1. The van der Waals surface area contributed by atoms with E-state index >= 15 is 4.39 Å². The first-order chi connectivity index (χ1) is 20.4. The molecule has 3 aliphatic rings. The number of aliphatic carboxylic acids is 1. The van der Waals surface area contributed by atoms with Crippen molar-refractivity contribution in [1.29, 1.82) is 0 Å². The largest absolute Gasteiger partial charge is 0.490 e. The van der Waals surface area contributed by atoms with Crippen molar-refractivity contribution >= 4 is 29.3 Å². The summed E-state index contributed by atoms with van der Waals surface area (Å²) in [6.07, 6.45) is 1.46. The van der Waals surface area contributed by atoms with Crippen LogP contribution in [-0.4, -0.2) is 63.4 Å². The number of benzene rings is 1. The summed E-state index contributed by atoms with van der Waals surface area (Å²) in [6, 6.07) is 7.30. The molecule has 0 radical (unpaired) electrons. The summed E-state index contributed by atoms with van der Waals surface area (Å²) in [5, 5.41) is 13.4. The minimum atomic E-state index is -5.08. The maximum atomic E-state index is 15.1. The lowest BCUT2D eigenvalue weighted by Gasteiger charge is -2.36. The molecule has 10 nitrogen and oxygen atoms in total. The number of amides is 2. The molecule has 2 fully saturated rings. The van der Waals surface area contributed by atoms with E-state index in [0.717, 1.165) is 43.5 Å². The minimum Gasteiger partial charge on any atom is -0.475 e. The number of carbonyl (C=O) groups is 2. The fourth-order valence-corrected chi connectivity index (χ4v) is 5.79. The number of nitrogens with zero attached hydrogens (tertiary/aromatic N) is 2. The summed E-state index contributed by atoms with van der Waals surface area (Å²) < 4.78 is 52.7. The van der Waals surface area contributed by atoms with Gasteiger partial charge in [-0.05, 0) is 61.6 Å². The van der Waals surface area contributed by atoms with Gasteiger partial charge in [-0.2, -0.15) is 13.2 Å². The topological polar surface area (TPSA) is 137 Å². The lowest BCUT2D eigenvalue weighted by molar-refractivity contribution is -0.192. The van der Waals surface area contributed by atoms with Crippen molar-refractivity contribution in [1.82, 2.24) is 20.2 Å². The van der Waals surface area contributed by atoms with Gasteiger partial charge in [0.05, 0.1) is 16.8 Å². The van der Waals surface area contributed by atoms with E-state index in [4.69, 9.17) is 26.2 Å². The molecular formula is C28H26ClF4N5O5. The third-order valence-electron chi connectivity index (χ3n) is 7.49. The number of ether oxygens (including phenoxy) is 1. The molecule has 0 spiro atoms. The highest BCUT2D eigenvalue weighted by Crippen LogP contribution is 2.43. The smallest absolute Gasteiger partial charge is 0.475 e. The Labute approximate surface area is 247 Å². The summed E-state index contributed by atoms with van der Waals surface area (Å²) in [5.74, 6) is -2.84. The monoisotopic (exact) mass is 623 g/mol. The number of halogens is 5. The fourth-order valence-electron chi connectivity index (χ4n) is 5.51. The van der Waals surface area contributed by atoms with Crippen LogP contribution in [0.5, 0.6) is 5.88 Å². The van der Waals surface area contributed by atoms with E-state index in [0.29, 0.717) is 28.5 Å². The maximum absolute atomic E-state index is 15.1. The number of hydrogen-bond donors (Lipinski definition) is 4. The van der Waals surface area contributed by atoms with Crippen molar-refractivity contribution in [2.45, 2.75) is 50.0 Å². The average Bonchev–Trinajstić information content (AvgIpc) is 3.57. The van der Waals surface area contributed by atoms with E-state index in [1.807, 2.05) is 0 Å². The summed E-state index contributed by atoms with van der Waals surface area (Å²) in [6.45, 7) is 1.71. The van der Waals surface area contributed by atoms with Gasteiger partial charge in [0.2, 0.25) is 11.4 Å². The van der Waals surface area contributed by atoms with Crippen LogP contribution in [0.15, 0.2) is 47.5 Å². The highest BCUT2D eigenvalue weighted by Gasteiger charge is 2.43. The lowest BCUT2D eigenvalue weighted by atomic mass is 9.95. The third kappa shape index (κ3) is 6.75. The summed E-state index contributed by atoms with van der Waals surface area (Å²) in [5.41, 5.74) is 2.90. The number of aromatic amines is 1. The zero-order chi connectivity index (χ0) is 30.9. The van der Waals surface area contributed by atoms with Gasteiger partial charge in [-0.1, -0.05) is 11.6 Å². The Bertz CT molecular complexity index is 1580. The number of H-pyrrole nitrogens is 1. The van der Waals surface area contributed by atoms with Crippen molar-refractivity contribution in [3.63, 3.8) is 0 Å². The van der Waals surface area contributed by atoms with Gasteiger partial charge in [0.1, 0.15) is 11.9 Å². The zero-order valence-electron chi connectivity index (χ0n) is 22.4. The third-order valence-corrected chi connectivity index (χ3v) is 7.80. The number of fused-ring (bicyclic) bond motifs is 4. The molecule has 0 saturated carbocycles. The van der Waals surface area contributed by atoms with Crippen LogP contribution in [0.3, 0.4) is 0 Å². The number of carboxylic acids is 1. The second-order valence-corrected chi connectivity index (χ2v) is 10.7. The molecule has 2 bridgehead atoms. The molecule has 1 aromatic carbocycles. The number of nitrogens with one attached hydrogen (secondary N) is 3. The van der Waals surface area contributed by atoms with Crippen LogP contribution in [0.25, 0.3) is 11.1 Å². The summed E-state index contributed by atoms with van der Waals surface area (Å²) in [4.78, 5) is 42.6. The molecule has 3 aromatic rings. The normalized spacial score (nSPS) is 20.6. The highest BCUT2D eigenvalue weighted by molar-refractivity contribution is 6.33. The molecule has 4 N–H and O–H groups in total. The number of alkyl halides is 3. The van der Waals surface area contributed by atoms with Crippen molar-refractivity contribution in [2.24, 2.45) is 0 Å². The standard InChI is InChI=1S/C26H25ClFN5O3.C2HF3O2/c27-20-10-22(21(28)9-18(20)14-1-4-25(31-11-14)36-17-5-6-29-12-17)32-26(35)33-16-2-3-23(33)19-13-30-24(34)8-15(19)7-16;3-2(4,5)1(6)7/h1,4,8-11,13,16-17,23,29H,2-3,5-7,12H2,(H,30,34)(H,32,35);(H,6,7)/t16-,17?,23+;/m0./s1. The SMILES string of the molecule is O=C(Nc1cc(Cl)c(-c2ccc(OC3CCNC3)nc2)cc1F)N1[C@H]2CC[C@@H]1c1c[nH]c(=O)cc1C2.O=C(O)C(F)(F)F. The Hall–Kier alpha value is -4.17. The van der Waals surface area contributed by atoms with Gasteiger partial charge >= 0.3 is 18.2 Å². The first-order valence-electron chi connectivity index (χ1n) is 13.3. The number of anilines is 1. The van der Waals surface area contributed by atoms with Crippen LogP contribution < -0.4 is 20.9 Å². The second-order valence-electron chi connectivity index (χ2n) is 10.3. The van der Waals surface area contributed by atoms with E-state index in [-0.39, 0.29) is 35.5 Å². The predicted octanol–water partition coefficient (Wildman–Crippen LogP) is 4.90. The minimum absolute atomic E-state index is 0.0158. The molecule has 2 amide bonds. The van der Waals surface area contributed by atoms with E-state index < -0.39 is 18.0 Å². The number of carboxylic acid groups (broad SMARTS) is 1. The molecule has 6 rings (SSSR count). The van der Waals surface area contributed by atoms with Crippen molar-refractivity contribution < 1.29 is 37.0 Å². The van der Waals surface area contributed by atoms with Crippen LogP contribution >= 0.6 is 11.6 Å². The van der Waals surface area contributed by atoms with E-state index in [1.54, 1.807) is 35.5 Å². The van der Waals surface area contributed by atoms with Gasteiger partial charge in [-0.15, -0.1) is 0 Å². The molecule has 15 heteroatoms. The van der Waals surface area contributed by atoms with Gasteiger partial charge in [0.25, 0.3) is 0 Å². The Morgan fingerprint density at radius 2 is 1.93 bits per heavy atom. The molecule has 3 aliphatic heterocycles. The van der Waals surface area contributed by atoms with Crippen LogP contribution in [0.4, 0.5) is 28.0 Å². The van der Waals surface area contributed by atoms with Gasteiger partial charge in [0, 0.05) is 48.2 Å². The van der Waals surface area contributed by atoms with E-state index in [1.165, 1.54) is 12.1 Å². The van der Waals surface area contributed by atoms with E-state index in [9.17, 15) is 22.8 Å². The molecule has 5 heterocycles. The zero-order valence-corrected chi connectivity index (χ0v) is 23.1. The molecular weight excluding hydrogens is 598 g/mol. The number of aromatic nitrogens is 2. The molecule has 228 valence electrons. The van der Waals surface area contributed by atoms with Crippen LogP contribution in [0.1, 0.15) is 36.4 Å². The Balaban J connectivity index is 0.000000472. The number of hydrogen-bond acceptors (Lipinski definition) is 6. The predicted molar refractivity (Wildman–Crippen MR) is 148 cm³/mol. The molecule has 1 unspecified atom stereocenters. The van der Waals surface area contributed by atoms with Gasteiger partial charge in [-0.25, -0.2) is 19.0 Å². The second kappa shape index (κ2) is 12.2. The summed E-state index contributed by atoms with van der Waals surface area (Å²) in [7, 11) is 0. The molecule has 2 saturated heterocycles. The maximum Gasteiger partial charge on any atom is 0.490 e. The first-order valence-corrected chi connectivity index (χ1v) is 13.7. The number of pyridine rings is 2. The van der Waals surface area contributed by atoms with Crippen molar-refractivity contribution in [3.8, 4) is 17.0 Å². The highest BCUT2D eigenvalue weighted by atomic mass is 35.5. The number of urea groups is 1. The van der Waals surface area contributed by atoms with Crippen LogP contribution in [-0.2, 0) is 11.2 Å². The average molecular weight is 624 g/mol. The Kier molecular flexibility index (Phi) is 8.60. The summed E-state index contributed by atoms with van der Waals surface area (Å²) >= 11 is 6.50. The number of rotatable bonds is 4. The molecule has 43 heavy (non-hydrogen) atoms. The Morgan fingerprint density at radius 1 is 1.16 bits per heavy atom. The van der Waals surface area contributed by atoms with Crippen molar-refractivity contribution in [3.05, 3.63) is 75.0 Å². The molecule has 0 aliphatic carbocycles. The van der Waals surface area contributed by atoms with Gasteiger partial charge < -0.3 is 30.4 Å².